The van der Waals surface area contributed by atoms with Gasteiger partial charge >= 0.3 is 0 Å². The Labute approximate surface area is 206 Å². The number of benzene rings is 1. The summed E-state index contributed by atoms with van der Waals surface area (Å²) in [5, 5.41) is 0. The van der Waals surface area contributed by atoms with Crippen LogP contribution in [-0.4, -0.2) is 57.2 Å². The second kappa shape index (κ2) is 10.5. The Hall–Kier alpha value is -3.35. The van der Waals surface area contributed by atoms with Crippen molar-refractivity contribution in [2.75, 3.05) is 26.2 Å². The number of aromatic nitrogens is 2. The van der Waals surface area contributed by atoms with Crippen LogP contribution in [-0.2, 0) is 11.4 Å². The van der Waals surface area contributed by atoms with Gasteiger partial charge in [-0.3, -0.25) is 9.59 Å². The summed E-state index contributed by atoms with van der Waals surface area (Å²) >= 11 is 0. The molecule has 184 valence electrons. The molecular formula is C28H34N4O3. The average Bonchev–Trinajstić information content (AvgIpc) is 3.13. The normalized spacial score (nSPS) is 17.4. The van der Waals surface area contributed by atoms with E-state index in [9.17, 15) is 9.59 Å². The smallest absolute Gasteiger partial charge is 0.253 e. The number of nitrogens with zero attached hydrogens (tertiary/aromatic N) is 4. The van der Waals surface area contributed by atoms with Crippen LogP contribution in [0.3, 0.4) is 0 Å². The molecule has 4 heterocycles. The molecule has 0 N–H and O–H groups in total. The molecule has 7 nitrogen and oxygen atoms in total. The quantitative estimate of drug-likeness (QED) is 0.547. The highest BCUT2D eigenvalue weighted by Gasteiger charge is 2.30. The molecule has 0 spiro atoms. The van der Waals surface area contributed by atoms with Crippen molar-refractivity contribution in [1.82, 2.24) is 19.2 Å². The van der Waals surface area contributed by atoms with Gasteiger partial charge in [-0.05, 0) is 68.5 Å². The topological polar surface area (TPSA) is 67.2 Å². The first kappa shape index (κ1) is 23.4. The lowest BCUT2D eigenvalue weighted by molar-refractivity contribution is -0.136. The Balaban J connectivity index is 1.13. The average molecular weight is 475 g/mol. The van der Waals surface area contributed by atoms with Gasteiger partial charge in [0.25, 0.3) is 5.91 Å². The molecule has 2 aliphatic heterocycles. The lowest BCUT2D eigenvalue weighted by Crippen LogP contribution is -2.44. The molecule has 0 radical (unpaired) electrons. The highest BCUT2D eigenvalue weighted by molar-refractivity contribution is 5.94. The predicted molar refractivity (Wildman–Crippen MR) is 134 cm³/mol. The Morgan fingerprint density at radius 1 is 0.943 bits per heavy atom. The zero-order chi connectivity index (χ0) is 24.2. The minimum atomic E-state index is 0.0213. The maximum absolute atomic E-state index is 13.0. The van der Waals surface area contributed by atoms with E-state index in [4.69, 9.17) is 4.74 Å². The predicted octanol–water partition coefficient (Wildman–Crippen LogP) is 4.48. The van der Waals surface area contributed by atoms with Crippen molar-refractivity contribution >= 4 is 17.5 Å². The van der Waals surface area contributed by atoms with E-state index in [2.05, 4.69) is 9.88 Å². The molecule has 2 fully saturated rings. The third-order valence-corrected chi connectivity index (χ3v) is 7.26. The van der Waals surface area contributed by atoms with Crippen LogP contribution < -0.4 is 4.74 Å². The van der Waals surface area contributed by atoms with E-state index in [1.165, 1.54) is 12.8 Å². The van der Waals surface area contributed by atoms with Gasteiger partial charge in [-0.1, -0.05) is 18.9 Å². The first-order valence-corrected chi connectivity index (χ1v) is 12.8. The summed E-state index contributed by atoms with van der Waals surface area (Å²) in [6, 6.07) is 11.4. The number of hydrogen-bond acceptors (Lipinski definition) is 4. The molecule has 1 aromatic carbocycles. The van der Waals surface area contributed by atoms with Gasteiger partial charge in [0, 0.05) is 50.1 Å². The number of likely N-dealkylation sites (tertiary alicyclic amines) is 2. The summed E-state index contributed by atoms with van der Waals surface area (Å²) in [6.07, 6.45) is 10.1. The van der Waals surface area contributed by atoms with Crippen LogP contribution in [0.25, 0.3) is 5.65 Å². The minimum Gasteiger partial charge on any atom is -0.487 e. The lowest BCUT2D eigenvalue weighted by atomic mass is 9.94. The second-order valence-electron chi connectivity index (χ2n) is 9.77. The van der Waals surface area contributed by atoms with Crippen LogP contribution in [0.1, 0.15) is 60.1 Å². The van der Waals surface area contributed by atoms with Gasteiger partial charge in [0.05, 0.1) is 5.69 Å². The van der Waals surface area contributed by atoms with Gasteiger partial charge < -0.3 is 18.9 Å². The van der Waals surface area contributed by atoms with E-state index >= 15 is 0 Å². The largest absolute Gasteiger partial charge is 0.487 e. The molecule has 0 saturated carbocycles. The Morgan fingerprint density at radius 3 is 2.34 bits per heavy atom. The number of imidazole rings is 1. The van der Waals surface area contributed by atoms with E-state index in [1.807, 2.05) is 65.0 Å². The highest BCUT2D eigenvalue weighted by Crippen LogP contribution is 2.24. The van der Waals surface area contributed by atoms with Crippen LogP contribution in [0, 0.1) is 12.8 Å². The summed E-state index contributed by atoms with van der Waals surface area (Å²) in [4.78, 5) is 34.5. The molecule has 2 saturated heterocycles. The fraction of sp³-hybridized carbons (Fsp3) is 0.464. The van der Waals surface area contributed by atoms with Crippen LogP contribution in [0.15, 0.2) is 48.8 Å². The number of piperidine rings is 1. The third kappa shape index (κ3) is 5.34. The molecule has 0 atom stereocenters. The first-order valence-electron chi connectivity index (χ1n) is 12.8. The zero-order valence-electron chi connectivity index (χ0n) is 20.5. The van der Waals surface area contributed by atoms with Crippen molar-refractivity contribution in [3.05, 3.63) is 65.6 Å². The van der Waals surface area contributed by atoms with Gasteiger partial charge in [-0.25, -0.2) is 4.98 Å². The van der Waals surface area contributed by atoms with Crippen molar-refractivity contribution < 1.29 is 14.3 Å². The van der Waals surface area contributed by atoms with Crippen LogP contribution in [0.4, 0.5) is 0 Å². The molecule has 3 aromatic rings. The number of amides is 2. The number of hydrogen-bond donors (Lipinski definition) is 0. The molecule has 5 rings (SSSR count). The number of rotatable bonds is 5. The van der Waals surface area contributed by atoms with Crippen molar-refractivity contribution in [1.29, 1.82) is 0 Å². The highest BCUT2D eigenvalue weighted by atomic mass is 16.5. The Morgan fingerprint density at radius 2 is 1.66 bits per heavy atom. The fourth-order valence-corrected chi connectivity index (χ4v) is 5.19. The van der Waals surface area contributed by atoms with Crippen LogP contribution in [0.5, 0.6) is 5.75 Å². The maximum Gasteiger partial charge on any atom is 0.253 e. The van der Waals surface area contributed by atoms with Gasteiger partial charge in [0.15, 0.2) is 0 Å². The van der Waals surface area contributed by atoms with Crippen LogP contribution >= 0.6 is 0 Å². The Bertz CT molecular complexity index is 1170. The number of aryl methyl sites for hydroxylation is 1. The van der Waals surface area contributed by atoms with Crippen molar-refractivity contribution in [2.24, 2.45) is 5.92 Å². The number of carbonyl (C=O) groups excluding carboxylic acids is 2. The van der Waals surface area contributed by atoms with E-state index in [0.717, 1.165) is 55.7 Å². The van der Waals surface area contributed by atoms with E-state index in [-0.39, 0.29) is 11.8 Å². The summed E-state index contributed by atoms with van der Waals surface area (Å²) in [6.45, 7) is 5.46. The van der Waals surface area contributed by atoms with Crippen molar-refractivity contribution in [2.45, 2.75) is 52.1 Å². The molecule has 0 bridgehead atoms. The zero-order valence-corrected chi connectivity index (χ0v) is 20.5. The summed E-state index contributed by atoms with van der Waals surface area (Å²) in [5.74, 6) is 1.07. The second-order valence-corrected chi connectivity index (χ2v) is 9.77. The minimum absolute atomic E-state index is 0.0213. The summed E-state index contributed by atoms with van der Waals surface area (Å²) in [5.41, 5.74) is 3.57. The van der Waals surface area contributed by atoms with Crippen molar-refractivity contribution in [3.8, 4) is 5.75 Å². The number of carbonyl (C=O) groups is 2. The third-order valence-electron chi connectivity index (χ3n) is 7.26. The van der Waals surface area contributed by atoms with E-state index < -0.39 is 0 Å². The Kier molecular flexibility index (Phi) is 7.02. The standard InChI is InChI=1S/C28H34N4O3/c1-21-7-6-16-32-19-24(29-26(21)32)20-35-25-10-8-22(9-11-25)27(33)31-17-12-23(13-18-31)28(34)30-14-4-2-3-5-15-30/h6-11,16,19,23H,2-5,12-15,17-18,20H2,1H3. The summed E-state index contributed by atoms with van der Waals surface area (Å²) < 4.78 is 7.91. The summed E-state index contributed by atoms with van der Waals surface area (Å²) in [7, 11) is 0. The van der Waals surface area contributed by atoms with Gasteiger partial charge in [-0.2, -0.15) is 0 Å². The van der Waals surface area contributed by atoms with E-state index in [0.29, 0.717) is 36.9 Å². The molecule has 2 amide bonds. The first-order chi connectivity index (χ1) is 17.1. The maximum atomic E-state index is 13.0. The molecule has 2 aromatic heterocycles. The van der Waals surface area contributed by atoms with Gasteiger partial charge in [-0.15, -0.1) is 0 Å². The van der Waals surface area contributed by atoms with Crippen molar-refractivity contribution in [3.63, 3.8) is 0 Å². The molecule has 35 heavy (non-hydrogen) atoms. The van der Waals surface area contributed by atoms with Crippen LogP contribution in [0.2, 0.25) is 0 Å². The monoisotopic (exact) mass is 474 g/mol. The SMILES string of the molecule is Cc1cccn2cc(COc3ccc(C(=O)N4CCC(C(=O)N5CCCCCC5)CC4)cc3)nc12. The number of pyridine rings is 1. The number of ether oxygens (including phenoxy) is 1. The fourth-order valence-electron chi connectivity index (χ4n) is 5.19. The molecule has 2 aliphatic rings. The molecule has 0 unspecified atom stereocenters. The van der Waals surface area contributed by atoms with Gasteiger partial charge in [0.2, 0.25) is 5.91 Å². The molecular weight excluding hydrogens is 440 g/mol. The lowest BCUT2D eigenvalue weighted by Gasteiger charge is -2.34. The van der Waals surface area contributed by atoms with Gasteiger partial charge in [0.1, 0.15) is 18.0 Å². The van der Waals surface area contributed by atoms with E-state index in [1.54, 1.807) is 0 Å². The molecule has 0 aliphatic carbocycles. The number of fused-ring (bicyclic) bond motifs is 1. The molecule has 7 heteroatoms.